The standard InChI is InChI=1S/2C19H36OS2.Zn/c2*1-2-3-4-5-6-7-8-9-10-11-12-13-14-15-16-17-18-20-19(21)22;/h2*9-10H,2-8,11-18H2,1H3,(H,21,22);/q;;+2/p-2/b2*10-9-;. The number of hydrogen-bond donors (Lipinski definition) is 0. The predicted molar refractivity (Wildman–Crippen MR) is 211 cm³/mol. The first-order valence-corrected chi connectivity index (χ1v) is 20.1. The SMILES string of the molecule is CCCCCCCC/C=C\CCCCCCCCOC(=S)[S-].CCCCCCCC/C=C\CCCCCCCCOC(=S)[S-].[Zn+2]. The topological polar surface area (TPSA) is 18.5 Å². The minimum Gasteiger partial charge on any atom is -0.514 e. The molecule has 7 heteroatoms. The summed E-state index contributed by atoms with van der Waals surface area (Å²) in [5.74, 6) is 0. The van der Waals surface area contributed by atoms with Crippen LogP contribution in [0.4, 0.5) is 0 Å². The molecule has 45 heavy (non-hydrogen) atoms. The molecule has 260 valence electrons. The number of thiocarbonyl (C=S) groups is 2. The predicted octanol–water partition coefficient (Wildman–Crippen LogP) is 13.7. The molecule has 0 heterocycles. The summed E-state index contributed by atoms with van der Waals surface area (Å²) in [5.41, 5.74) is 0. The summed E-state index contributed by atoms with van der Waals surface area (Å²) in [4.78, 5) is 0. The molecule has 0 atom stereocenters. The molecule has 0 aromatic rings. The summed E-state index contributed by atoms with van der Waals surface area (Å²) in [7, 11) is 0. The first-order chi connectivity index (χ1) is 21.5. The number of ether oxygens (including phenoxy) is 2. The fourth-order valence-corrected chi connectivity index (χ4v) is 5.34. The second-order valence-electron chi connectivity index (χ2n) is 12.1. The van der Waals surface area contributed by atoms with E-state index < -0.39 is 0 Å². The van der Waals surface area contributed by atoms with Gasteiger partial charge in [-0.25, -0.2) is 0 Å². The Morgan fingerprint density at radius 1 is 0.400 bits per heavy atom. The van der Waals surface area contributed by atoms with Crippen molar-refractivity contribution in [2.45, 2.75) is 194 Å². The summed E-state index contributed by atoms with van der Waals surface area (Å²) >= 11 is 18.8. The van der Waals surface area contributed by atoms with Crippen molar-refractivity contribution in [3.05, 3.63) is 24.3 Å². The van der Waals surface area contributed by atoms with E-state index in [9.17, 15) is 0 Å². The van der Waals surface area contributed by atoms with E-state index in [2.05, 4.69) is 38.2 Å². The maximum absolute atomic E-state index is 5.10. The molecule has 0 unspecified atom stereocenters. The van der Waals surface area contributed by atoms with Gasteiger partial charge >= 0.3 is 19.5 Å². The van der Waals surface area contributed by atoms with Crippen molar-refractivity contribution in [1.29, 1.82) is 0 Å². The normalized spacial score (nSPS) is 10.9. The Kier molecular flexibility index (Phi) is 51.3. The molecule has 0 amide bonds. The van der Waals surface area contributed by atoms with Crippen LogP contribution in [0.2, 0.25) is 0 Å². The quantitative estimate of drug-likeness (QED) is 0.0222. The van der Waals surface area contributed by atoms with Crippen molar-refractivity contribution in [1.82, 2.24) is 0 Å². The van der Waals surface area contributed by atoms with Gasteiger partial charge in [0.15, 0.2) is 0 Å². The van der Waals surface area contributed by atoms with Crippen LogP contribution in [-0.4, -0.2) is 22.0 Å². The smallest absolute Gasteiger partial charge is 0.514 e. The fourth-order valence-electron chi connectivity index (χ4n) is 5.01. The van der Waals surface area contributed by atoms with Gasteiger partial charge in [0.2, 0.25) is 0 Å². The maximum Gasteiger partial charge on any atom is 2.00 e. The molecule has 0 saturated heterocycles. The Hall–Kier alpha value is 0.323. The second-order valence-corrected chi connectivity index (χ2v) is 14.1. The van der Waals surface area contributed by atoms with E-state index in [0.717, 1.165) is 12.8 Å². The summed E-state index contributed by atoms with van der Waals surface area (Å²) in [6, 6.07) is 0. The second kappa shape index (κ2) is 46.4. The van der Waals surface area contributed by atoms with E-state index in [4.69, 9.17) is 59.2 Å². The van der Waals surface area contributed by atoms with Crippen LogP contribution in [0.1, 0.15) is 194 Å². The van der Waals surface area contributed by atoms with Gasteiger partial charge in [-0.05, 0) is 64.2 Å². The largest absolute Gasteiger partial charge is 2.00 e. The molecule has 0 aliphatic rings. The molecule has 0 aliphatic carbocycles. The van der Waals surface area contributed by atoms with Gasteiger partial charge in [-0.1, -0.05) is 154 Å². The molecule has 0 rings (SSSR count). The van der Waals surface area contributed by atoms with Crippen LogP contribution in [0, 0.1) is 0 Å². The van der Waals surface area contributed by atoms with Crippen molar-refractivity contribution in [2.24, 2.45) is 0 Å². The Labute approximate surface area is 316 Å². The van der Waals surface area contributed by atoms with Crippen LogP contribution in [0.15, 0.2) is 24.3 Å². The van der Waals surface area contributed by atoms with Gasteiger partial charge in [-0.3, -0.25) is 0 Å². The molecule has 0 spiro atoms. The third-order valence-corrected chi connectivity index (χ3v) is 8.22. The molecule has 0 aliphatic heterocycles. The number of rotatable bonds is 32. The zero-order valence-corrected chi connectivity index (χ0v) is 35.9. The summed E-state index contributed by atoms with van der Waals surface area (Å²) < 4.78 is 10.7. The van der Waals surface area contributed by atoms with E-state index in [1.54, 1.807) is 0 Å². The van der Waals surface area contributed by atoms with Gasteiger partial charge in [-0.2, -0.15) is 0 Å². The molecule has 0 N–H and O–H groups in total. The minimum atomic E-state index is 0. The van der Waals surface area contributed by atoms with E-state index in [-0.39, 0.29) is 28.2 Å². The van der Waals surface area contributed by atoms with Crippen molar-refractivity contribution in [3.8, 4) is 0 Å². The third-order valence-electron chi connectivity index (χ3n) is 7.75. The molecule has 0 bridgehead atoms. The van der Waals surface area contributed by atoms with E-state index in [1.165, 1.54) is 167 Å². The molecular weight excluding hydrogens is 682 g/mol. The van der Waals surface area contributed by atoms with Crippen LogP contribution >= 0.6 is 24.4 Å². The summed E-state index contributed by atoms with van der Waals surface area (Å²) in [5, 5.41) is 0. The first-order valence-electron chi connectivity index (χ1n) is 18.5. The van der Waals surface area contributed by atoms with E-state index in [0.29, 0.717) is 13.2 Å². The van der Waals surface area contributed by atoms with Crippen LogP contribution < -0.4 is 0 Å². The van der Waals surface area contributed by atoms with Gasteiger partial charge < -0.3 is 59.2 Å². The van der Waals surface area contributed by atoms with Crippen molar-refractivity contribution < 1.29 is 29.0 Å². The van der Waals surface area contributed by atoms with E-state index in [1.807, 2.05) is 0 Å². The van der Waals surface area contributed by atoms with Crippen molar-refractivity contribution in [3.63, 3.8) is 0 Å². The Bertz CT molecular complexity index is 589. The van der Waals surface area contributed by atoms with Gasteiger partial charge in [-0.15, -0.1) is 0 Å². The molecule has 0 aromatic carbocycles. The van der Waals surface area contributed by atoms with Crippen LogP contribution in [-0.2, 0) is 54.2 Å². The minimum absolute atomic E-state index is 0. The number of allylic oxidation sites excluding steroid dienone is 4. The van der Waals surface area contributed by atoms with Gasteiger partial charge in [0.1, 0.15) is 0 Å². The van der Waals surface area contributed by atoms with E-state index >= 15 is 0 Å². The fraction of sp³-hybridized carbons (Fsp3) is 0.842. The zero-order valence-electron chi connectivity index (χ0n) is 29.7. The first kappa shape index (κ1) is 49.7. The van der Waals surface area contributed by atoms with Crippen LogP contribution in [0.25, 0.3) is 0 Å². The van der Waals surface area contributed by atoms with Crippen LogP contribution in [0.5, 0.6) is 0 Å². The molecule has 0 saturated carbocycles. The Balaban J connectivity index is -0.000000767. The van der Waals surface area contributed by atoms with Gasteiger partial charge in [0.05, 0.1) is 13.2 Å². The Morgan fingerprint density at radius 3 is 0.867 bits per heavy atom. The number of hydrogen-bond acceptors (Lipinski definition) is 6. The molecule has 0 fully saturated rings. The Morgan fingerprint density at radius 2 is 0.622 bits per heavy atom. The third kappa shape index (κ3) is 54.1. The van der Waals surface area contributed by atoms with Crippen molar-refractivity contribution in [2.75, 3.05) is 13.2 Å². The van der Waals surface area contributed by atoms with Gasteiger partial charge in [0, 0.05) is 8.77 Å². The van der Waals surface area contributed by atoms with Crippen molar-refractivity contribution >= 4 is 58.5 Å². The average Bonchev–Trinajstić information content (AvgIpc) is 3.00. The molecule has 0 radical (unpaired) electrons. The summed E-state index contributed by atoms with van der Waals surface area (Å²) in [6.45, 7) is 5.94. The summed E-state index contributed by atoms with van der Waals surface area (Å²) in [6.07, 6.45) is 46.6. The van der Waals surface area contributed by atoms with Crippen LogP contribution in [0.3, 0.4) is 0 Å². The van der Waals surface area contributed by atoms with Gasteiger partial charge in [0.25, 0.3) is 0 Å². The molecule has 0 aromatic heterocycles. The monoisotopic (exact) mass is 750 g/mol. The maximum atomic E-state index is 5.10. The number of unbranched alkanes of at least 4 members (excludes halogenated alkanes) is 24. The molecule has 2 nitrogen and oxygen atoms in total. The average molecular weight is 753 g/mol. The zero-order chi connectivity index (χ0) is 32.6. The molecular formula is C38H70O2S4Zn.